The molecule has 0 radical (unpaired) electrons. The first kappa shape index (κ1) is 8.88. The van der Waals surface area contributed by atoms with Gasteiger partial charge in [0.15, 0.2) is 0 Å². The molecule has 0 amide bonds. The van der Waals surface area contributed by atoms with Crippen molar-refractivity contribution in [1.29, 1.82) is 0 Å². The second-order valence-corrected chi connectivity index (χ2v) is 2.21. The van der Waals surface area contributed by atoms with Crippen molar-refractivity contribution in [3.8, 4) is 0 Å². The predicted octanol–water partition coefficient (Wildman–Crippen LogP) is -0.510. The summed E-state index contributed by atoms with van der Waals surface area (Å²) in [6, 6.07) is 0.253. The highest BCUT2D eigenvalue weighted by molar-refractivity contribution is 4.55. The Balaban J connectivity index is 2.75. The van der Waals surface area contributed by atoms with Gasteiger partial charge in [0.25, 0.3) is 0 Å². The largest absolute Gasteiger partial charge is 0.327 e. The van der Waals surface area contributed by atoms with E-state index in [0.29, 0.717) is 0 Å². The Kier molecular flexibility index (Phi) is 5.93. The van der Waals surface area contributed by atoms with Gasteiger partial charge in [0, 0.05) is 19.3 Å². The monoisotopic (exact) mass is 131 g/mol. The van der Waals surface area contributed by atoms with Crippen molar-refractivity contribution in [1.82, 2.24) is 10.6 Å². The number of rotatable bonds is 5. The Morgan fingerprint density at radius 3 is 2.56 bits per heavy atom. The molecule has 1 atom stereocenters. The Labute approximate surface area is 57.0 Å². The molecule has 56 valence electrons. The molecule has 3 heteroatoms. The van der Waals surface area contributed by atoms with E-state index in [-0.39, 0.29) is 6.04 Å². The van der Waals surface area contributed by atoms with Gasteiger partial charge in [-0.1, -0.05) is 6.92 Å². The molecule has 0 heterocycles. The van der Waals surface area contributed by atoms with E-state index in [2.05, 4.69) is 17.6 Å². The van der Waals surface area contributed by atoms with Gasteiger partial charge in [-0.3, -0.25) is 0 Å². The molecule has 0 aromatic carbocycles. The first-order valence-electron chi connectivity index (χ1n) is 3.44. The number of hydrogen-bond acceptors (Lipinski definition) is 3. The molecule has 0 spiro atoms. The van der Waals surface area contributed by atoms with E-state index < -0.39 is 0 Å². The number of hydrogen-bond donors (Lipinski definition) is 3. The molecule has 0 rings (SSSR count). The van der Waals surface area contributed by atoms with Gasteiger partial charge in [-0.2, -0.15) is 0 Å². The van der Waals surface area contributed by atoms with Crippen LogP contribution in [0.5, 0.6) is 0 Å². The third-order valence-corrected chi connectivity index (χ3v) is 0.966. The fourth-order valence-electron chi connectivity index (χ4n) is 0.513. The molecule has 0 fully saturated rings. The molecule has 0 saturated carbocycles. The van der Waals surface area contributed by atoms with Crippen molar-refractivity contribution < 1.29 is 0 Å². The van der Waals surface area contributed by atoms with Gasteiger partial charge < -0.3 is 16.4 Å². The van der Waals surface area contributed by atoms with Gasteiger partial charge >= 0.3 is 0 Å². The third kappa shape index (κ3) is 7.88. The van der Waals surface area contributed by atoms with Crippen LogP contribution >= 0.6 is 0 Å². The van der Waals surface area contributed by atoms with E-state index in [0.717, 1.165) is 19.8 Å². The second-order valence-electron chi connectivity index (χ2n) is 2.21. The van der Waals surface area contributed by atoms with Crippen LogP contribution in [0.2, 0.25) is 0 Å². The lowest BCUT2D eigenvalue weighted by molar-refractivity contribution is 0.559. The molecule has 0 aromatic heterocycles. The molecule has 0 bridgehead atoms. The lowest BCUT2D eigenvalue weighted by Crippen LogP contribution is -2.36. The van der Waals surface area contributed by atoms with Crippen LogP contribution in [-0.4, -0.2) is 25.8 Å². The maximum Gasteiger partial charge on any atom is 0.0454 e. The molecule has 0 aliphatic carbocycles. The summed E-state index contributed by atoms with van der Waals surface area (Å²) < 4.78 is 0. The molecular formula is C6H17N3. The van der Waals surface area contributed by atoms with E-state index >= 15 is 0 Å². The van der Waals surface area contributed by atoms with Crippen molar-refractivity contribution in [2.45, 2.75) is 19.9 Å². The van der Waals surface area contributed by atoms with Gasteiger partial charge in [-0.05, 0) is 13.5 Å². The maximum atomic E-state index is 5.48. The molecular weight excluding hydrogens is 114 g/mol. The smallest absolute Gasteiger partial charge is 0.0454 e. The summed E-state index contributed by atoms with van der Waals surface area (Å²) in [5.41, 5.74) is 5.48. The standard InChI is InChI=1S/C6H17N3/c1-3-8-5-9-4-6(2)7/h6,8-9H,3-5,7H2,1-2H3. The van der Waals surface area contributed by atoms with E-state index in [1.165, 1.54) is 0 Å². The number of nitrogens with one attached hydrogen (secondary N) is 2. The minimum absolute atomic E-state index is 0.253. The fourth-order valence-corrected chi connectivity index (χ4v) is 0.513. The summed E-state index contributed by atoms with van der Waals surface area (Å²) in [4.78, 5) is 0. The Morgan fingerprint density at radius 1 is 1.44 bits per heavy atom. The van der Waals surface area contributed by atoms with Gasteiger partial charge in [-0.25, -0.2) is 0 Å². The molecule has 0 aliphatic heterocycles. The average Bonchev–Trinajstić information content (AvgIpc) is 1.80. The molecule has 3 nitrogen and oxygen atoms in total. The maximum absolute atomic E-state index is 5.48. The first-order valence-corrected chi connectivity index (χ1v) is 3.44. The normalized spacial score (nSPS) is 13.7. The summed E-state index contributed by atoms with van der Waals surface area (Å²) in [7, 11) is 0. The van der Waals surface area contributed by atoms with Crippen LogP contribution in [0.25, 0.3) is 0 Å². The van der Waals surface area contributed by atoms with Crippen molar-refractivity contribution in [3.63, 3.8) is 0 Å². The summed E-state index contributed by atoms with van der Waals surface area (Å²) in [6.07, 6.45) is 0. The van der Waals surface area contributed by atoms with Crippen molar-refractivity contribution in [2.24, 2.45) is 5.73 Å². The summed E-state index contributed by atoms with van der Waals surface area (Å²) in [5, 5.41) is 6.29. The third-order valence-electron chi connectivity index (χ3n) is 0.966. The molecule has 4 N–H and O–H groups in total. The van der Waals surface area contributed by atoms with Crippen LogP contribution < -0.4 is 16.4 Å². The van der Waals surface area contributed by atoms with Gasteiger partial charge in [0.05, 0.1) is 0 Å². The van der Waals surface area contributed by atoms with Gasteiger partial charge in [-0.15, -0.1) is 0 Å². The summed E-state index contributed by atoms with van der Waals surface area (Å²) in [5.74, 6) is 0. The minimum atomic E-state index is 0.253. The van der Waals surface area contributed by atoms with Gasteiger partial charge in [0.2, 0.25) is 0 Å². The van der Waals surface area contributed by atoms with Crippen LogP contribution in [0.3, 0.4) is 0 Å². The predicted molar refractivity (Wildman–Crippen MR) is 40.2 cm³/mol. The molecule has 0 aliphatic rings. The quantitative estimate of drug-likeness (QED) is 0.348. The van der Waals surface area contributed by atoms with Crippen molar-refractivity contribution >= 4 is 0 Å². The van der Waals surface area contributed by atoms with Crippen LogP contribution in [0.15, 0.2) is 0 Å². The van der Waals surface area contributed by atoms with E-state index in [1.807, 2.05) is 6.92 Å². The SMILES string of the molecule is CCNCNCC(C)N. The lowest BCUT2D eigenvalue weighted by atomic mass is 10.4. The van der Waals surface area contributed by atoms with E-state index in [1.54, 1.807) is 0 Å². The highest BCUT2D eigenvalue weighted by Crippen LogP contribution is 1.66. The summed E-state index contributed by atoms with van der Waals surface area (Å²) in [6.45, 7) is 6.81. The summed E-state index contributed by atoms with van der Waals surface area (Å²) >= 11 is 0. The van der Waals surface area contributed by atoms with Crippen molar-refractivity contribution in [2.75, 3.05) is 19.8 Å². The molecule has 0 aromatic rings. The van der Waals surface area contributed by atoms with Crippen molar-refractivity contribution in [3.05, 3.63) is 0 Å². The van der Waals surface area contributed by atoms with Crippen LogP contribution in [0.4, 0.5) is 0 Å². The second kappa shape index (κ2) is 6.01. The van der Waals surface area contributed by atoms with E-state index in [4.69, 9.17) is 5.73 Å². The lowest BCUT2D eigenvalue weighted by Gasteiger charge is -2.06. The molecule has 9 heavy (non-hydrogen) atoms. The van der Waals surface area contributed by atoms with Crippen LogP contribution in [0.1, 0.15) is 13.8 Å². The zero-order chi connectivity index (χ0) is 7.11. The minimum Gasteiger partial charge on any atom is -0.327 e. The average molecular weight is 131 g/mol. The molecule has 0 saturated heterocycles. The zero-order valence-corrected chi connectivity index (χ0v) is 6.28. The fraction of sp³-hybridized carbons (Fsp3) is 1.00. The van der Waals surface area contributed by atoms with Crippen LogP contribution in [-0.2, 0) is 0 Å². The van der Waals surface area contributed by atoms with E-state index in [9.17, 15) is 0 Å². The number of nitrogens with two attached hydrogens (primary N) is 1. The highest BCUT2D eigenvalue weighted by Gasteiger charge is 1.89. The Hall–Kier alpha value is -0.120. The van der Waals surface area contributed by atoms with Crippen LogP contribution in [0, 0.1) is 0 Å². The topological polar surface area (TPSA) is 50.1 Å². The Bertz CT molecular complexity index is 54.3. The molecule has 1 unspecified atom stereocenters. The zero-order valence-electron chi connectivity index (χ0n) is 6.28. The van der Waals surface area contributed by atoms with Gasteiger partial charge in [0.1, 0.15) is 0 Å². The highest BCUT2D eigenvalue weighted by atomic mass is 15.1. The first-order chi connectivity index (χ1) is 4.27. The Morgan fingerprint density at radius 2 is 2.11 bits per heavy atom.